The topological polar surface area (TPSA) is 93.0 Å². The van der Waals surface area contributed by atoms with Crippen molar-refractivity contribution in [3.05, 3.63) is 64.9 Å². The first-order valence-corrected chi connectivity index (χ1v) is 12.6. The maximum absolute atomic E-state index is 14.5. The number of benzene rings is 1. The first-order valence-electron chi connectivity index (χ1n) is 12.6. The van der Waals surface area contributed by atoms with E-state index in [2.05, 4.69) is 11.2 Å². The fourth-order valence-electron chi connectivity index (χ4n) is 5.65. The molecule has 2 bridgehead atoms. The second kappa shape index (κ2) is 8.41. The summed E-state index contributed by atoms with van der Waals surface area (Å²) >= 11 is 0. The van der Waals surface area contributed by atoms with Gasteiger partial charge in [-0.2, -0.15) is 10.2 Å². The molecule has 0 spiro atoms. The zero-order valence-electron chi connectivity index (χ0n) is 21.7. The van der Waals surface area contributed by atoms with Crippen molar-refractivity contribution in [3.63, 3.8) is 0 Å². The quantitative estimate of drug-likeness (QED) is 0.423. The van der Waals surface area contributed by atoms with Crippen LogP contribution in [0, 0.1) is 5.82 Å². The third-order valence-corrected chi connectivity index (χ3v) is 7.57. The molecule has 0 saturated carbocycles. The maximum Gasteiger partial charge on any atom is 0.166 e. The van der Waals surface area contributed by atoms with Crippen molar-refractivity contribution in [1.82, 2.24) is 24.5 Å². The number of hydrogen-bond donors (Lipinski definition) is 1. The molecule has 8 nitrogen and oxygen atoms in total. The highest BCUT2D eigenvalue weighted by Gasteiger charge is 2.37. The lowest BCUT2D eigenvalue weighted by atomic mass is 9.88. The van der Waals surface area contributed by atoms with Crippen molar-refractivity contribution in [1.29, 1.82) is 0 Å². The predicted molar refractivity (Wildman–Crippen MR) is 139 cm³/mol. The van der Waals surface area contributed by atoms with Gasteiger partial charge in [-0.3, -0.25) is 9.36 Å². The number of aromatic nitrogens is 5. The molecular formula is C28H31FN6O2. The molecule has 1 unspecified atom stereocenters. The van der Waals surface area contributed by atoms with Gasteiger partial charge in [0.15, 0.2) is 11.6 Å². The average Bonchev–Trinajstić information content (AvgIpc) is 3.52. The molecule has 9 heteroatoms. The van der Waals surface area contributed by atoms with Crippen LogP contribution in [0.25, 0.3) is 22.5 Å². The third-order valence-electron chi connectivity index (χ3n) is 7.57. The Morgan fingerprint density at radius 2 is 2.03 bits per heavy atom. The first-order chi connectivity index (χ1) is 17.6. The number of pyridine rings is 1. The van der Waals surface area contributed by atoms with E-state index in [-0.39, 0.29) is 17.6 Å². The van der Waals surface area contributed by atoms with E-state index in [1.54, 1.807) is 19.4 Å². The Morgan fingerprint density at radius 1 is 1.22 bits per heavy atom. The van der Waals surface area contributed by atoms with Crippen LogP contribution in [-0.2, 0) is 24.8 Å². The molecule has 4 aromatic rings. The van der Waals surface area contributed by atoms with Crippen molar-refractivity contribution in [2.75, 3.05) is 12.8 Å². The molecule has 2 N–H and O–H groups in total. The van der Waals surface area contributed by atoms with Gasteiger partial charge in [-0.15, -0.1) is 0 Å². The third kappa shape index (κ3) is 3.89. The van der Waals surface area contributed by atoms with Crippen LogP contribution in [0.4, 0.5) is 10.2 Å². The molecule has 2 atom stereocenters. The molecule has 1 aliphatic carbocycles. The summed E-state index contributed by atoms with van der Waals surface area (Å²) in [6, 6.07) is 6.71. The number of nitrogens with two attached hydrogens (primary N) is 1. The van der Waals surface area contributed by atoms with E-state index in [0.717, 1.165) is 52.2 Å². The summed E-state index contributed by atoms with van der Waals surface area (Å²) < 4.78 is 30.4. The average molecular weight is 503 g/mol. The monoisotopic (exact) mass is 502 g/mol. The van der Waals surface area contributed by atoms with Crippen LogP contribution >= 0.6 is 0 Å². The number of fused-ring (bicyclic) bond motifs is 7. The molecule has 0 amide bonds. The van der Waals surface area contributed by atoms with Gasteiger partial charge in [0.25, 0.3) is 0 Å². The van der Waals surface area contributed by atoms with Crippen LogP contribution in [-0.4, -0.2) is 37.3 Å². The van der Waals surface area contributed by atoms with Crippen LogP contribution < -0.4 is 10.5 Å². The lowest BCUT2D eigenvalue weighted by Gasteiger charge is -2.25. The lowest BCUT2D eigenvalue weighted by molar-refractivity contribution is 0.00570. The highest BCUT2D eigenvalue weighted by molar-refractivity contribution is 5.74. The van der Waals surface area contributed by atoms with Gasteiger partial charge < -0.3 is 15.2 Å². The normalized spacial score (nSPS) is 18.3. The maximum atomic E-state index is 14.5. The van der Waals surface area contributed by atoms with Gasteiger partial charge in [0.05, 0.1) is 29.2 Å². The summed E-state index contributed by atoms with van der Waals surface area (Å²) in [6.45, 7) is 6.55. The Balaban J connectivity index is 1.66. The fraction of sp³-hybridized carbons (Fsp3) is 0.393. The summed E-state index contributed by atoms with van der Waals surface area (Å²) in [5.41, 5.74) is 13.4. The van der Waals surface area contributed by atoms with Gasteiger partial charge in [-0.25, -0.2) is 9.37 Å². The minimum atomic E-state index is -0.490. The van der Waals surface area contributed by atoms with E-state index in [0.29, 0.717) is 17.9 Å². The summed E-state index contributed by atoms with van der Waals surface area (Å²) in [4.78, 5) is 4.49. The lowest BCUT2D eigenvalue weighted by Crippen LogP contribution is -2.30. The molecule has 3 aromatic heterocycles. The number of hydrogen-bond acceptors (Lipinski definition) is 6. The zero-order chi connectivity index (χ0) is 26.1. The molecule has 2 aliphatic rings. The van der Waals surface area contributed by atoms with Crippen LogP contribution in [0.15, 0.2) is 36.7 Å². The van der Waals surface area contributed by atoms with Gasteiger partial charge in [-0.1, -0.05) is 0 Å². The minimum Gasteiger partial charge on any atom is -0.482 e. The number of methoxy groups -OCH3 is 1. The van der Waals surface area contributed by atoms with E-state index in [1.165, 1.54) is 12.1 Å². The number of halogens is 1. The molecule has 0 fully saturated rings. The molecule has 0 saturated heterocycles. The van der Waals surface area contributed by atoms with Gasteiger partial charge >= 0.3 is 0 Å². The van der Waals surface area contributed by atoms with Crippen LogP contribution in [0.5, 0.6) is 5.75 Å². The van der Waals surface area contributed by atoms with Crippen molar-refractivity contribution >= 4 is 5.82 Å². The van der Waals surface area contributed by atoms with Gasteiger partial charge in [0.1, 0.15) is 11.9 Å². The molecule has 37 heavy (non-hydrogen) atoms. The second-order valence-electron chi connectivity index (χ2n) is 10.6. The largest absolute Gasteiger partial charge is 0.482 e. The Bertz CT molecular complexity index is 1520. The Kier molecular flexibility index (Phi) is 5.38. The van der Waals surface area contributed by atoms with Crippen molar-refractivity contribution in [3.8, 4) is 28.3 Å². The van der Waals surface area contributed by atoms with Crippen LogP contribution in [0.1, 0.15) is 61.6 Å². The molecule has 1 aromatic carbocycles. The summed E-state index contributed by atoms with van der Waals surface area (Å²) in [6.07, 6.45) is 5.12. The second-order valence-corrected chi connectivity index (χ2v) is 10.6. The van der Waals surface area contributed by atoms with E-state index >= 15 is 0 Å². The molecular weight excluding hydrogens is 471 g/mol. The van der Waals surface area contributed by atoms with E-state index in [4.69, 9.17) is 25.4 Å². The molecule has 0 radical (unpaired) electrons. The Labute approximate surface area is 215 Å². The Morgan fingerprint density at radius 3 is 2.81 bits per heavy atom. The van der Waals surface area contributed by atoms with Crippen LogP contribution in [0.2, 0.25) is 0 Å². The number of nitrogens with zero attached hydrogens (tertiary/aromatic N) is 5. The van der Waals surface area contributed by atoms with E-state index < -0.39 is 11.7 Å². The Hall–Kier alpha value is -3.72. The van der Waals surface area contributed by atoms with Crippen LogP contribution in [0.3, 0.4) is 0 Å². The van der Waals surface area contributed by atoms with E-state index in [1.807, 2.05) is 43.2 Å². The highest BCUT2D eigenvalue weighted by Crippen LogP contribution is 2.48. The number of nitrogen functional groups attached to an aromatic ring is 1. The van der Waals surface area contributed by atoms with Gasteiger partial charge in [0.2, 0.25) is 0 Å². The standard InChI is InChI=1S/C28H31FN6O2/c1-15-20-11-17(29)6-7-19(20)25-21(13-34(4)33-25)18-8-9-22-24(18)26(35(32-22)14-28(2,3)36-5)16-10-23(37-15)27(30)31-12-16/h6-7,10-13,15,18H,8-9,14H2,1-5H3,(H2,30,31)/t15-,18?/m1/s1. The SMILES string of the molecule is COC(C)(C)Cn1nc2c3c1-c1cnc(N)c(c1)O[C@H](C)c1cc(F)ccc1-c1nn(C)cc1C3CC2. The zero-order valence-corrected chi connectivity index (χ0v) is 21.7. The van der Waals surface area contributed by atoms with E-state index in [9.17, 15) is 4.39 Å². The van der Waals surface area contributed by atoms with Crippen molar-refractivity contribution < 1.29 is 13.9 Å². The number of aryl methyl sites for hydroxylation is 2. The molecule has 192 valence electrons. The summed E-state index contributed by atoms with van der Waals surface area (Å²) in [5, 5.41) is 9.92. The molecule has 6 rings (SSSR count). The number of anilines is 1. The fourth-order valence-corrected chi connectivity index (χ4v) is 5.65. The van der Waals surface area contributed by atoms with Gasteiger partial charge in [0, 0.05) is 60.3 Å². The molecule has 1 aliphatic heterocycles. The predicted octanol–water partition coefficient (Wildman–Crippen LogP) is 5.02. The first kappa shape index (κ1) is 23.7. The minimum absolute atomic E-state index is 0.0719. The van der Waals surface area contributed by atoms with Gasteiger partial charge in [-0.05, 0) is 57.9 Å². The number of ether oxygens (including phenoxy) is 2. The smallest absolute Gasteiger partial charge is 0.166 e. The van der Waals surface area contributed by atoms with Crippen molar-refractivity contribution in [2.45, 2.75) is 57.8 Å². The summed E-state index contributed by atoms with van der Waals surface area (Å²) in [7, 11) is 3.63. The number of rotatable bonds is 3. The van der Waals surface area contributed by atoms with Crippen molar-refractivity contribution in [2.24, 2.45) is 7.05 Å². The molecule has 4 heterocycles. The highest BCUT2D eigenvalue weighted by atomic mass is 19.1. The summed E-state index contributed by atoms with van der Waals surface area (Å²) in [5.74, 6) is 0.471.